The highest BCUT2D eigenvalue weighted by molar-refractivity contribution is 5.16. The van der Waals surface area contributed by atoms with Crippen molar-refractivity contribution in [3.8, 4) is 0 Å². The standard InChI is InChI=1S/C11H14O2/c1-8(2)11(13)9-6-4-3-5-7-10(9)12/h3-8,11,13H,1-2H3. The molecule has 0 aromatic heterocycles. The molecule has 1 rings (SSSR count). The summed E-state index contributed by atoms with van der Waals surface area (Å²) in [7, 11) is 0. The van der Waals surface area contributed by atoms with Crippen molar-refractivity contribution in [1.29, 1.82) is 0 Å². The Kier molecular flexibility index (Phi) is 3.20. The van der Waals surface area contributed by atoms with Crippen LogP contribution in [0.25, 0.3) is 0 Å². The Morgan fingerprint density at radius 2 is 1.77 bits per heavy atom. The fourth-order valence-electron chi connectivity index (χ4n) is 1.15. The molecule has 1 N–H and O–H groups in total. The average molecular weight is 178 g/mol. The Morgan fingerprint density at radius 1 is 1.15 bits per heavy atom. The van der Waals surface area contributed by atoms with Crippen LogP contribution in [0.1, 0.15) is 25.5 Å². The Hall–Kier alpha value is -1.15. The zero-order valence-corrected chi connectivity index (χ0v) is 7.90. The van der Waals surface area contributed by atoms with Crippen LogP contribution in [0, 0.1) is 5.92 Å². The van der Waals surface area contributed by atoms with E-state index in [4.69, 9.17) is 0 Å². The molecule has 70 valence electrons. The quantitative estimate of drug-likeness (QED) is 0.749. The Morgan fingerprint density at radius 3 is 2.38 bits per heavy atom. The molecule has 1 aromatic rings. The maximum Gasteiger partial charge on any atom is 0.184 e. The van der Waals surface area contributed by atoms with Gasteiger partial charge in [0.2, 0.25) is 0 Å². The van der Waals surface area contributed by atoms with Crippen molar-refractivity contribution >= 4 is 0 Å². The summed E-state index contributed by atoms with van der Waals surface area (Å²) < 4.78 is 0. The van der Waals surface area contributed by atoms with Gasteiger partial charge in [0.15, 0.2) is 5.43 Å². The van der Waals surface area contributed by atoms with Gasteiger partial charge in [-0.25, -0.2) is 0 Å². The molecular weight excluding hydrogens is 164 g/mol. The smallest absolute Gasteiger partial charge is 0.184 e. The van der Waals surface area contributed by atoms with Gasteiger partial charge in [-0.3, -0.25) is 4.79 Å². The molecule has 1 atom stereocenters. The largest absolute Gasteiger partial charge is 0.388 e. The lowest BCUT2D eigenvalue weighted by Crippen LogP contribution is -2.14. The fourth-order valence-corrected chi connectivity index (χ4v) is 1.15. The van der Waals surface area contributed by atoms with Crippen LogP contribution in [-0.4, -0.2) is 5.11 Å². The molecule has 0 saturated carbocycles. The van der Waals surface area contributed by atoms with E-state index in [1.165, 1.54) is 6.07 Å². The van der Waals surface area contributed by atoms with Gasteiger partial charge in [-0.2, -0.15) is 0 Å². The van der Waals surface area contributed by atoms with Gasteiger partial charge in [0.1, 0.15) is 0 Å². The molecule has 0 heterocycles. The van der Waals surface area contributed by atoms with Gasteiger partial charge < -0.3 is 5.11 Å². The van der Waals surface area contributed by atoms with Crippen LogP contribution in [0.2, 0.25) is 0 Å². The van der Waals surface area contributed by atoms with Gasteiger partial charge in [0.05, 0.1) is 6.10 Å². The summed E-state index contributed by atoms with van der Waals surface area (Å²) in [4.78, 5) is 11.4. The second kappa shape index (κ2) is 4.19. The second-order valence-electron chi connectivity index (χ2n) is 3.42. The highest BCUT2D eigenvalue weighted by Crippen LogP contribution is 2.16. The first-order chi connectivity index (χ1) is 6.13. The maximum atomic E-state index is 11.4. The SMILES string of the molecule is CC(C)C(O)c1cccccc1=O. The number of aliphatic hydroxyl groups is 1. The van der Waals surface area contributed by atoms with E-state index in [2.05, 4.69) is 0 Å². The normalized spacial score (nSPS) is 12.9. The molecule has 0 aliphatic heterocycles. The van der Waals surface area contributed by atoms with Gasteiger partial charge in [-0.05, 0) is 12.0 Å². The van der Waals surface area contributed by atoms with Crippen molar-refractivity contribution in [2.24, 2.45) is 5.92 Å². The summed E-state index contributed by atoms with van der Waals surface area (Å²) in [5, 5.41) is 9.69. The summed E-state index contributed by atoms with van der Waals surface area (Å²) >= 11 is 0. The number of aliphatic hydroxyl groups excluding tert-OH is 1. The maximum absolute atomic E-state index is 11.4. The molecule has 2 heteroatoms. The van der Waals surface area contributed by atoms with E-state index in [1.807, 2.05) is 13.8 Å². The summed E-state index contributed by atoms with van der Waals surface area (Å²) in [5.41, 5.74) is 0.367. The average Bonchev–Trinajstić information content (AvgIpc) is 2.28. The Balaban J connectivity index is 3.16. The summed E-state index contributed by atoms with van der Waals surface area (Å²) in [6, 6.07) is 8.37. The van der Waals surface area contributed by atoms with Crippen LogP contribution < -0.4 is 5.43 Å². The van der Waals surface area contributed by atoms with Crippen LogP contribution >= 0.6 is 0 Å². The van der Waals surface area contributed by atoms with E-state index < -0.39 is 6.10 Å². The molecule has 0 spiro atoms. The number of rotatable bonds is 2. The fraction of sp³-hybridized carbons (Fsp3) is 0.364. The molecule has 1 aromatic carbocycles. The van der Waals surface area contributed by atoms with Crippen molar-refractivity contribution in [1.82, 2.24) is 0 Å². The van der Waals surface area contributed by atoms with Gasteiger partial charge in [-0.15, -0.1) is 0 Å². The molecule has 0 aliphatic carbocycles. The van der Waals surface area contributed by atoms with E-state index in [-0.39, 0.29) is 11.3 Å². The van der Waals surface area contributed by atoms with Crippen LogP contribution in [0.3, 0.4) is 0 Å². The van der Waals surface area contributed by atoms with E-state index in [9.17, 15) is 9.90 Å². The van der Waals surface area contributed by atoms with Crippen molar-refractivity contribution in [3.05, 3.63) is 46.1 Å². The molecule has 0 fully saturated rings. The third-order valence-corrected chi connectivity index (χ3v) is 1.98. The Bertz CT molecular complexity index is 331. The first-order valence-electron chi connectivity index (χ1n) is 4.40. The second-order valence-corrected chi connectivity index (χ2v) is 3.42. The minimum Gasteiger partial charge on any atom is -0.388 e. The van der Waals surface area contributed by atoms with E-state index >= 15 is 0 Å². The molecular formula is C11H14O2. The van der Waals surface area contributed by atoms with Crippen LogP contribution in [0.4, 0.5) is 0 Å². The van der Waals surface area contributed by atoms with Crippen molar-refractivity contribution in [2.45, 2.75) is 20.0 Å². The molecule has 0 aliphatic rings. The van der Waals surface area contributed by atoms with Crippen LogP contribution in [0.15, 0.2) is 35.1 Å². The van der Waals surface area contributed by atoms with Crippen molar-refractivity contribution < 1.29 is 5.11 Å². The zero-order chi connectivity index (χ0) is 9.84. The summed E-state index contributed by atoms with van der Waals surface area (Å²) in [6.07, 6.45) is -0.667. The zero-order valence-electron chi connectivity index (χ0n) is 7.90. The molecule has 2 nitrogen and oxygen atoms in total. The lowest BCUT2D eigenvalue weighted by Gasteiger charge is -2.12. The number of hydrogen-bond acceptors (Lipinski definition) is 2. The molecule has 0 saturated heterocycles. The topological polar surface area (TPSA) is 37.3 Å². The lowest BCUT2D eigenvalue weighted by molar-refractivity contribution is 0.126. The summed E-state index contributed by atoms with van der Waals surface area (Å²) in [6.45, 7) is 3.77. The lowest BCUT2D eigenvalue weighted by atomic mass is 10.0. The van der Waals surface area contributed by atoms with Crippen molar-refractivity contribution in [2.75, 3.05) is 0 Å². The molecule has 0 bridgehead atoms. The highest BCUT2D eigenvalue weighted by atomic mass is 16.3. The van der Waals surface area contributed by atoms with Crippen molar-refractivity contribution in [3.63, 3.8) is 0 Å². The van der Waals surface area contributed by atoms with E-state index in [0.717, 1.165) is 0 Å². The van der Waals surface area contributed by atoms with E-state index in [1.54, 1.807) is 24.3 Å². The molecule has 0 radical (unpaired) electrons. The van der Waals surface area contributed by atoms with Crippen LogP contribution in [-0.2, 0) is 0 Å². The van der Waals surface area contributed by atoms with Gasteiger partial charge >= 0.3 is 0 Å². The first-order valence-corrected chi connectivity index (χ1v) is 4.40. The first kappa shape index (κ1) is 9.93. The predicted octanol–water partition coefficient (Wildman–Crippen LogP) is 1.74. The van der Waals surface area contributed by atoms with Gasteiger partial charge in [0, 0.05) is 5.56 Å². The minimum absolute atomic E-state index is 0.0649. The molecule has 0 amide bonds. The van der Waals surface area contributed by atoms with Crippen LogP contribution in [0.5, 0.6) is 0 Å². The van der Waals surface area contributed by atoms with Gasteiger partial charge in [0.25, 0.3) is 0 Å². The third-order valence-electron chi connectivity index (χ3n) is 1.98. The Labute approximate surface area is 77.9 Å². The minimum atomic E-state index is -0.667. The number of hydrogen-bond donors (Lipinski definition) is 1. The van der Waals surface area contributed by atoms with Gasteiger partial charge in [-0.1, -0.05) is 38.1 Å². The summed E-state index contributed by atoms with van der Waals surface area (Å²) in [5.74, 6) is 0.0649. The third kappa shape index (κ3) is 2.39. The molecule has 1 unspecified atom stereocenters. The molecule has 13 heavy (non-hydrogen) atoms. The highest BCUT2D eigenvalue weighted by Gasteiger charge is 2.13. The monoisotopic (exact) mass is 178 g/mol. The predicted molar refractivity (Wildman–Crippen MR) is 52.5 cm³/mol. The van der Waals surface area contributed by atoms with E-state index in [0.29, 0.717) is 5.56 Å².